The van der Waals surface area contributed by atoms with Crippen molar-refractivity contribution in [3.8, 4) is 33.2 Å². The number of aromatic nitrogens is 8. The smallest absolute Gasteiger partial charge is 0.159 e. The first-order valence-corrected chi connectivity index (χ1v) is 9.82. The quantitative estimate of drug-likeness (QED) is 0.411. The maximum Gasteiger partial charge on any atom is 0.159 e. The molecule has 0 fully saturated rings. The molecule has 0 spiro atoms. The first-order chi connectivity index (χ1) is 14.3. The van der Waals surface area contributed by atoms with Gasteiger partial charge in [0, 0.05) is 38.7 Å². The van der Waals surface area contributed by atoms with Crippen LogP contribution in [0, 0.1) is 6.92 Å². The monoisotopic (exact) mass is 398 g/mol. The minimum absolute atomic E-state index is 0.693. The lowest BCUT2D eigenvalue weighted by atomic mass is 10.1. The molecule has 0 aliphatic carbocycles. The van der Waals surface area contributed by atoms with Crippen molar-refractivity contribution in [2.45, 2.75) is 6.92 Å². The van der Waals surface area contributed by atoms with Gasteiger partial charge in [0.05, 0.1) is 35.3 Å². The third kappa shape index (κ3) is 2.55. The number of rotatable bonds is 3. The fourth-order valence-corrected chi connectivity index (χ4v) is 4.33. The van der Waals surface area contributed by atoms with Crippen LogP contribution in [-0.2, 0) is 0 Å². The predicted octanol–water partition coefficient (Wildman–Crippen LogP) is 4.32. The summed E-state index contributed by atoms with van der Waals surface area (Å²) in [6, 6.07) is 6.21. The summed E-state index contributed by atoms with van der Waals surface area (Å²) in [6.45, 7) is 2.10. The molecule has 0 unspecified atom stereocenters. The molecule has 8 nitrogen and oxygen atoms in total. The summed E-state index contributed by atoms with van der Waals surface area (Å²) in [6.07, 6.45) is 9.00. The number of thiophene rings is 1. The number of nitrogens with one attached hydrogen (secondary N) is 3. The van der Waals surface area contributed by atoms with Gasteiger partial charge in [-0.1, -0.05) is 0 Å². The van der Waals surface area contributed by atoms with Gasteiger partial charge in [0.25, 0.3) is 0 Å². The van der Waals surface area contributed by atoms with Gasteiger partial charge in [-0.3, -0.25) is 20.2 Å². The van der Waals surface area contributed by atoms with Gasteiger partial charge in [-0.05, 0) is 25.1 Å². The van der Waals surface area contributed by atoms with Crippen LogP contribution in [0.3, 0.4) is 0 Å². The van der Waals surface area contributed by atoms with E-state index in [1.54, 1.807) is 29.9 Å². The van der Waals surface area contributed by atoms with Gasteiger partial charge in [-0.25, -0.2) is 4.98 Å². The number of H-pyrrole nitrogens is 3. The topological polar surface area (TPSA) is 112 Å². The zero-order valence-electron chi connectivity index (χ0n) is 15.3. The van der Waals surface area contributed by atoms with Gasteiger partial charge in [0.1, 0.15) is 11.2 Å². The summed E-state index contributed by atoms with van der Waals surface area (Å²) in [5.41, 5.74) is 6.12. The van der Waals surface area contributed by atoms with E-state index in [1.807, 2.05) is 18.5 Å². The zero-order chi connectivity index (χ0) is 19.4. The van der Waals surface area contributed by atoms with Crippen molar-refractivity contribution in [3.05, 3.63) is 54.1 Å². The molecule has 9 heteroatoms. The second kappa shape index (κ2) is 6.08. The molecule has 140 valence electrons. The van der Waals surface area contributed by atoms with Crippen LogP contribution in [0.25, 0.3) is 55.2 Å². The average molecular weight is 398 g/mol. The normalized spacial score (nSPS) is 11.6. The Morgan fingerprint density at radius 1 is 1.03 bits per heavy atom. The highest BCUT2D eigenvalue weighted by molar-refractivity contribution is 7.15. The molecule has 6 heterocycles. The van der Waals surface area contributed by atoms with Crippen LogP contribution >= 0.6 is 11.3 Å². The number of nitrogens with zero attached hydrogens (tertiary/aromatic N) is 5. The van der Waals surface area contributed by atoms with Crippen LogP contribution in [0.4, 0.5) is 0 Å². The molecule has 0 atom stereocenters. The van der Waals surface area contributed by atoms with E-state index >= 15 is 0 Å². The summed E-state index contributed by atoms with van der Waals surface area (Å²) in [4.78, 5) is 19.5. The molecule has 0 amide bonds. The van der Waals surface area contributed by atoms with E-state index in [4.69, 9.17) is 4.98 Å². The van der Waals surface area contributed by atoms with E-state index in [9.17, 15) is 0 Å². The molecule has 0 radical (unpaired) electrons. The largest absolute Gasteiger partial charge is 0.335 e. The van der Waals surface area contributed by atoms with E-state index in [-0.39, 0.29) is 0 Å². The highest BCUT2D eigenvalue weighted by Gasteiger charge is 2.17. The molecule has 0 saturated carbocycles. The summed E-state index contributed by atoms with van der Waals surface area (Å²) < 4.78 is 0. The van der Waals surface area contributed by atoms with Crippen LogP contribution in [0.15, 0.2) is 49.2 Å². The van der Waals surface area contributed by atoms with Crippen LogP contribution in [0.2, 0.25) is 0 Å². The van der Waals surface area contributed by atoms with Crippen LogP contribution in [0.5, 0.6) is 0 Å². The number of hydrogen-bond acceptors (Lipinski definition) is 6. The number of hydrogen-bond donors (Lipinski definition) is 3. The Kier molecular flexibility index (Phi) is 3.38. The zero-order valence-corrected chi connectivity index (χ0v) is 16.1. The minimum Gasteiger partial charge on any atom is -0.335 e. The van der Waals surface area contributed by atoms with Crippen molar-refractivity contribution >= 4 is 33.3 Å². The third-order valence-corrected chi connectivity index (χ3v) is 5.90. The standard InChI is InChI=1S/C20H14N8S/c1-10-2-3-17(29-10)13-7-21-8-16-18(13)26-20(25-16)19-12-4-14(11-5-23-24-6-11)22-9-15(12)27-28-19/h2-9H,1H3,(H,23,24)(H,25,26)(H,27,28). The van der Waals surface area contributed by atoms with Gasteiger partial charge < -0.3 is 4.98 Å². The highest BCUT2D eigenvalue weighted by Crippen LogP contribution is 2.34. The molecular weight excluding hydrogens is 384 g/mol. The molecule has 0 saturated heterocycles. The lowest BCUT2D eigenvalue weighted by molar-refractivity contribution is 1.09. The van der Waals surface area contributed by atoms with E-state index in [0.29, 0.717) is 5.82 Å². The summed E-state index contributed by atoms with van der Waals surface area (Å²) in [5.74, 6) is 0.693. The second-order valence-corrected chi connectivity index (χ2v) is 8.04. The third-order valence-electron chi connectivity index (χ3n) is 4.87. The van der Waals surface area contributed by atoms with E-state index in [2.05, 4.69) is 54.4 Å². The number of pyridine rings is 2. The maximum atomic E-state index is 4.87. The van der Waals surface area contributed by atoms with E-state index < -0.39 is 0 Å². The molecule has 29 heavy (non-hydrogen) atoms. The van der Waals surface area contributed by atoms with E-state index in [1.165, 1.54) is 4.88 Å². The van der Waals surface area contributed by atoms with Crippen molar-refractivity contribution < 1.29 is 0 Å². The first kappa shape index (κ1) is 16.1. The number of aromatic amines is 3. The van der Waals surface area contributed by atoms with Crippen LogP contribution < -0.4 is 0 Å². The molecule has 3 N–H and O–H groups in total. The fourth-order valence-electron chi connectivity index (χ4n) is 3.45. The fraction of sp³-hybridized carbons (Fsp3) is 0.0500. The highest BCUT2D eigenvalue weighted by atomic mass is 32.1. The number of imidazole rings is 1. The number of aryl methyl sites for hydroxylation is 1. The molecule has 6 rings (SSSR count). The minimum atomic E-state index is 0.693. The molecule has 0 bridgehead atoms. The van der Waals surface area contributed by atoms with Crippen LogP contribution in [0.1, 0.15) is 4.88 Å². The first-order valence-electron chi connectivity index (χ1n) is 9.00. The van der Waals surface area contributed by atoms with Crippen molar-refractivity contribution in [2.75, 3.05) is 0 Å². The Morgan fingerprint density at radius 3 is 2.83 bits per heavy atom. The molecule has 6 aromatic rings. The van der Waals surface area contributed by atoms with Gasteiger partial charge >= 0.3 is 0 Å². The Labute approximate surface area is 168 Å². The van der Waals surface area contributed by atoms with Gasteiger partial charge in [-0.15, -0.1) is 11.3 Å². The lowest BCUT2D eigenvalue weighted by Gasteiger charge is -1.97. The lowest BCUT2D eigenvalue weighted by Crippen LogP contribution is -1.84. The van der Waals surface area contributed by atoms with Gasteiger partial charge in [-0.2, -0.15) is 10.2 Å². The molecule has 0 aliphatic rings. The Balaban J connectivity index is 1.53. The molecule has 0 aliphatic heterocycles. The van der Waals surface area contributed by atoms with Crippen LogP contribution in [-0.4, -0.2) is 40.3 Å². The van der Waals surface area contributed by atoms with Crippen molar-refractivity contribution in [1.82, 2.24) is 40.3 Å². The molecular formula is C20H14N8S. The predicted molar refractivity (Wildman–Crippen MR) is 112 cm³/mol. The van der Waals surface area contributed by atoms with Crippen molar-refractivity contribution in [1.29, 1.82) is 0 Å². The van der Waals surface area contributed by atoms with E-state index in [0.717, 1.165) is 49.3 Å². The maximum absolute atomic E-state index is 4.87. The van der Waals surface area contributed by atoms with Gasteiger partial charge in [0.15, 0.2) is 5.82 Å². The molecule has 0 aromatic carbocycles. The van der Waals surface area contributed by atoms with Crippen molar-refractivity contribution in [2.24, 2.45) is 0 Å². The summed E-state index contributed by atoms with van der Waals surface area (Å²) in [7, 11) is 0. The summed E-state index contributed by atoms with van der Waals surface area (Å²) in [5, 5.41) is 15.3. The van der Waals surface area contributed by atoms with Gasteiger partial charge in [0.2, 0.25) is 0 Å². The van der Waals surface area contributed by atoms with Crippen molar-refractivity contribution in [3.63, 3.8) is 0 Å². The molecule has 6 aromatic heterocycles. The average Bonchev–Trinajstić information content (AvgIpc) is 3.51. The number of fused-ring (bicyclic) bond motifs is 2. The Bertz CT molecular complexity index is 1470. The second-order valence-electron chi connectivity index (χ2n) is 6.75. The SMILES string of the molecule is Cc1ccc(-c2cncc3[nH]c(-c4n[nH]c5cnc(-c6cn[nH]c6)cc45)nc23)s1. The Hall–Kier alpha value is -3.85. The summed E-state index contributed by atoms with van der Waals surface area (Å²) >= 11 is 1.73. The Morgan fingerprint density at radius 2 is 2.00 bits per heavy atom.